The summed E-state index contributed by atoms with van der Waals surface area (Å²) in [6, 6.07) is 3.55. The molecule has 0 radical (unpaired) electrons. The summed E-state index contributed by atoms with van der Waals surface area (Å²) in [5, 5.41) is 15.5. The summed E-state index contributed by atoms with van der Waals surface area (Å²) < 4.78 is 7.18. The van der Waals surface area contributed by atoms with E-state index in [0.717, 1.165) is 0 Å². The third-order valence-electron chi connectivity index (χ3n) is 4.30. The highest BCUT2D eigenvalue weighted by Crippen LogP contribution is 2.24. The zero-order valence-electron chi connectivity index (χ0n) is 14.3. The third kappa shape index (κ3) is 3.23. The fourth-order valence-corrected chi connectivity index (χ4v) is 3.27. The molecule has 11 nitrogen and oxygen atoms in total. The topological polar surface area (TPSA) is 115 Å². The first kappa shape index (κ1) is 17.4. The number of hydrogen-bond donors (Lipinski definition) is 0. The molecular weight excluding hydrogens is 420 g/mol. The zero-order chi connectivity index (χ0) is 19.0. The van der Waals surface area contributed by atoms with Crippen molar-refractivity contribution < 1.29 is 9.66 Å². The average Bonchev–Trinajstić information content (AvgIpc) is 3.12. The molecule has 3 aromatic rings. The quantitative estimate of drug-likeness (QED) is 0.444. The Morgan fingerprint density at radius 2 is 1.89 bits per heavy atom. The SMILES string of the molecule is COc1nc(N2CCN(c3ccc4ncc([N+](=O)[O-])n4n3)CC2)ncc1Br. The maximum Gasteiger partial charge on any atom is 0.368 e. The highest BCUT2D eigenvalue weighted by Gasteiger charge is 2.23. The second kappa shape index (κ2) is 6.95. The van der Waals surface area contributed by atoms with Crippen LogP contribution in [0.25, 0.3) is 5.65 Å². The van der Waals surface area contributed by atoms with Crippen molar-refractivity contribution in [3.8, 4) is 5.88 Å². The van der Waals surface area contributed by atoms with Crippen LogP contribution >= 0.6 is 15.9 Å². The largest absolute Gasteiger partial charge is 0.480 e. The van der Waals surface area contributed by atoms with Crippen LogP contribution in [0.4, 0.5) is 17.6 Å². The van der Waals surface area contributed by atoms with Crippen LogP contribution in [0, 0.1) is 10.1 Å². The number of anilines is 2. The van der Waals surface area contributed by atoms with Crippen LogP contribution in [-0.4, -0.2) is 62.8 Å². The summed E-state index contributed by atoms with van der Waals surface area (Å²) in [7, 11) is 1.56. The lowest BCUT2D eigenvalue weighted by Gasteiger charge is -2.34. The van der Waals surface area contributed by atoms with Crippen molar-refractivity contribution in [1.82, 2.24) is 24.6 Å². The van der Waals surface area contributed by atoms with Crippen molar-refractivity contribution >= 4 is 39.2 Å². The van der Waals surface area contributed by atoms with Crippen LogP contribution in [0.2, 0.25) is 0 Å². The first-order valence-corrected chi connectivity index (χ1v) is 8.91. The highest BCUT2D eigenvalue weighted by molar-refractivity contribution is 9.10. The Bertz CT molecular complexity index is 1000. The lowest BCUT2D eigenvalue weighted by atomic mass is 10.3. The standard InChI is InChI=1S/C15H15BrN8O3/c1-27-14-10(16)8-18-15(19-14)22-6-4-21(5-7-22)12-3-2-11-17-9-13(24(25)26)23(11)20-12/h2-3,8-9H,4-7H2,1H3. The van der Waals surface area contributed by atoms with Crippen molar-refractivity contribution in [2.24, 2.45) is 0 Å². The number of methoxy groups -OCH3 is 1. The van der Waals surface area contributed by atoms with Gasteiger partial charge in [0.15, 0.2) is 5.82 Å². The Morgan fingerprint density at radius 3 is 2.59 bits per heavy atom. The molecule has 4 rings (SSSR count). The van der Waals surface area contributed by atoms with Crippen LogP contribution in [0.5, 0.6) is 5.88 Å². The van der Waals surface area contributed by atoms with Gasteiger partial charge in [-0.2, -0.15) is 4.98 Å². The van der Waals surface area contributed by atoms with Gasteiger partial charge in [-0.3, -0.25) is 0 Å². The molecular formula is C15H15BrN8O3. The first-order chi connectivity index (χ1) is 13.1. The van der Waals surface area contributed by atoms with Crippen LogP contribution in [0.3, 0.4) is 0 Å². The number of piperazine rings is 1. The number of ether oxygens (including phenoxy) is 1. The maximum absolute atomic E-state index is 11.1. The van der Waals surface area contributed by atoms with Gasteiger partial charge in [-0.15, -0.1) is 0 Å². The number of fused-ring (bicyclic) bond motifs is 1. The Hall–Kier alpha value is -3.02. The number of halogens is 1. The molecule has 0 aliphatic carbocycles. The molecule has 0 atom stereocenters. The molecule has 140 valence electrons. The molecule has 0 N–H and O–H groups in total. The van der Waals surface area contributed by atoms with Gasteiger partial charge in [0, 0.05) is 32.2 Å². The molecule has 1 aliphatic heterocycles. The molecule has 27 heavy (non-hydrogen) atoms. The van der Waals surface area contributed by atoms with E-state index in [1.807, 2.05) is 6.07 Å². The van der Waals surface area contributed by atoms with Crippen LogP contribution in [0.1, 0.15) is 0 Å². The van der Waals surface area contributed by atoms with Gasteiger partial charge in [0.1, 0.15) is 6.20 Å². The Morgan fingerprint density at radius 1 is 1.15 bits per heavy atom. The lowest BCUT2D eigenvalue weighted by molar-refractivity contribution is -0.391. The Kier molecular flexibility index (Phi) is 4.48. The summed E-state index contributed by atoms with van der Waals surface area (Å²) in [5.41, 5.74) is 0.444. The summed E-state index contributed by atoms with van der Waals surface area (Å²) in [5.74, 6) is 1.60. The van der Waals surface area contributed by atoms with E-state index in [1.165, 1.54) is 10.7 Å². The number of hydrogen-bond acceptors (Lipinski definition) is 9. The highest BCUT2D eigenvalue weighted by atomic mass is 79.9. The van der Waals surface area contributed by atoms with E-state index in [9.17, 15) is 10.1 Å². The van der Waals surface area contributed by atoms with Crippen molar-refractivity contribution in [3.05, 3.63) is 39.1 Å². The summed E-state index contributed by atoms with van der Waals surface area (Å²) in [4.78, 5) is 27.5. The average molecular weight is 435 g/mol. The molecule has 3 aromatic heterocycles. The molecule has 0 bridgehead atoms. The van der Waals surface area contributed by atoms with Gasteiger partial charge in [0.05, 0.1) is 17.8 Å². The molecule has 0 saturated carbocycles. The monoisotopic (exact) mass is 434 g/mol. The minimum Gasteiger partial charge on any atom is -0.480 e. The second-order valence-electron chi connectivity index (χ2n) is 5.84. The molecule has 0 spiro atoms. The molecule has 0 unspecified atom stereocenters. The van der Waals surface area contributed by atoms with Gasteiger partial charge in [-0.25, -0.2) is 9.97 Å². The fraction of sp³-hybridized carbons (Fsp3) is 0.333. The number of imidazole rings is 1. The molecule has 0 aromatic carbocycles. The number of aromatic nitrogens is 5. The minimum atomic E-state index is -0.493. The fourth-order valence-electron chi connectivity index (χ4n) is 2.92. The van der Waals surface area contributed by atoms with Crippen LogP contribution in [-0.2, 0) is 0 Å². The molecule has 1 fully saturated rings. The van der Waals surface area contributed by atoms with Gasteiger partial charge in [-0.1, -0.05) is 9.61 Å². The summed E-state index contributed by atoms with van der Waals surface area (Å²) in [6.07, 6.45) is 2.88. The van der Waals surface area contributed by atoms with E-state index < -0.39 is 4.92 Å². The number of nitrogens with zero attached hydrogens (tertiary/aromatic N) is 8. The van der Waals surface area contributed by atoms with E-state index in [0.29, 0.717) is 53.9 Å². The first-order valence-electron chi connectivity index (χ1n) is 8.12. The molecule has 4 heterocycles. The van der Waals surface area contributed by atoms with Gasteiger partial charge in [-0.05, 0) is 26.9 Å². The predicted molar refractivity (Wildman–Crippen MR) is 100 cm³/mol. The third-order valence-corrected chi connectivity index (χ3v) is 4.84. The smallest absolute Gasteiger partial charge is 0.368 e. The minimum absolute atomic E-state index is 0.152. The van der Waals surface area contributed by atoms with E-state index in [4.69, 9.17) is 4.74 Å². The second-order valence-corrected chi connectivity index (χ2v) is 6.69. The Balaban J connectivity index is 1.51. The Labute approximate surface area is 161 Å². The summed E-state index contributed by atoms with van der Waals surface area (Å²) >= 11 is 3.35. The number of rotatable bonds is 4. The molecule has 1 aliphatic rings. The zero-order valence-corrected chi connectivity index (χ0v) is 15.9. The number of nitro groups is 1. The van der Waals surface area contributed by atoms with Gasteiger partial charge >= 0.3 is 5.82 Å². The normalized spacial score (nSPS) is 14.6. The van der Waals surface area contributed by atoms with Crippen LogP contribution in [0.15, 0.2) is 29.0 Å². The van der Waals surface area contributed by atoms with E-state index in [-0.39, 0.29) is 5.82 Å². The molecule has 12 heteroatoms. The van der Waals surface area contributed by atoms with Gasteiger partial charge in [0.2, 0.25) is 17.5 Å². The van der Waals surface area contributed by atoms with Crippen molar-refractivity contribution in [2.45, 2.75) is 0 Å². The van der Waals surface area contributed by atoms with Crippen LogP contribution < -0.4 is 14.5 Å². The molecule has 0 amide bonds. The molecule has 1 saturated heterocycles. The van der Waals surface area contributed by atoms with E-state index in [1.54, 1.807) is 19.4 Å². The lowest BCUT2D eigenvalue weighted by Crippen LogP contribution is -2.47. The van der Waals surface area contributed by atoms with Gasteiger partial charge < -0.3 is 24.7 Å². The predicted octanol–water partition coefficient (Wildman–Crippen LogP) is 1.53. The van der Waals surface area contributed by atoms with Gasteiger partial charge in [0.25, 0.3) is 0 Å². The van der Waals surface area contributed by atoms with E-state index in [2.05, 4.69) is 45.8 Å². The van der Waals surface area contributed by atoms with Crippen molar-refractivity contribution in [2.75, 3.05) is 43.1 Å². The maximum atomic E-state index is 11.1. The summed E-state index contributed by atoms with van der Waals surface area (Å²) in [6.45, 7) is 2.75. The van der Waals surface area contributed by atoms with Crippen molar-refractivity contribution in [3.63, 3.8) is 0 Å². The van der Waals surface area contributed by atoms with Crippen molar-refractivity contribution in [1.29, 1.82) is 0 Å². The van der Waals surface area contributed by atoms with E-state index >= 15 is 0 Å².